The number of hydrogen-bond donors (Lipinski definition) is 1. The highest BCUT2D eigenvalue weighted by molar-refractivity contribution is 7.99. The third kappa shape index (κ3) is 3.58. The van der Waals surface area contributed by atoms with E-state index in [1.54, 1.807) is 0 Å². The summed E-state index contributed by atoms with van der Waals surface area (Å²) in [6, 6.07) is 0. The van der Waals surface area contributed by atoms with Crippen LogP contribution >= 0.6 is 11.8 Å². The monoisotopic (exact) mass is 397 g/mol. The minimum atomic E-state index is 0.229. The number of piperidine rings is 1. The molecule has 1 saturated heterocycles. The van der Waals surface area contributed by atoms with Gasteiger partial charge < -0.3 is 9.88 Å². The number of imidazole rings is 1. The van der Waals surface area contributed by atoms with Crippen molar-refractivity contribution in [2.75, 3.05) is 18.8 Å². The fourth-order valence-electron chi connectivity index (χ4n) is 7.04. The quantitative estimate of drug-likeness (QED) is 0.338. The smallest absolute Gasteiger partial charge is 0.207 e. The average Bonchev–Trinajstić information content (AvgIpc) is 3.19. The molecule has 0 atom stereocenters. The van der Waals surface area contributed by atoms with Gasteiger partial charge in [-0.1, -0.05) is 11.8 Å². The van der Waals surface area contributed by atoms with Crippen LogP contribution in [0, 0.1) is 40.5 Å². The lowest BCUT2D eigenvalue weighted by atomic mass is 9.49. The van der Waals surface area contributed by atoms with Crippen LogP contribution in [-0.4, -0.2) is 39.5 Å². The first kappa shape index (κ1) is 18.5. The van der Waals surface area contributed by atoms with Gasteiger partial charge in [-0.05, 0) is 81.5 Å². The zero-order valence-electron chi connectivity index (χ0n) is 16.6. The van der Waals surface area contributed by atoms with Gasteiger partial charge in [-0.25, -0.2) is 4.98 Å². The molecule has 0 amide bonds. The van der Waals surface area contributed by atoms with Crippen molar-refractivity contribution in [1.82, 2.24) is 14.9 Å². The van der Waals surface area contributed by atoms with E-state index in [1.165, 1.54) is 63.6 Å². The summed E-state index contributed by atoms with van der Waals surface area (Å²) in [4.78, 5) is 14.5. The molecule has 1 aliphatic heterocycles. The number of aromatic nitrogens is 2. The van der Waals surface area contributed by atoms with E-state index in [0.29, 0.717) is 0 Å². The Balaban J connectivity index is 1.20. The topological polar surface area (TPSA) is 68.1 Å². The van der Waals surface area contributed by atoms with Crippen molar-refractivity contribution < 1.29 is 0 Å². The Morgan fingerprint density at radius 1 is 1.21 bits per heavy atom. The Morgan fingerprint density at radius 2 is 1.89 bits per heavy atom. The second-order valence-electron chi connectivity index (χ2n) is 9.70. The molecule has 2 heterocycles. The number of hydrogen-bond acceptors (Lipinski definition) is 4. The molecule has 6 heteroatoms. The van der Waals surface area contributed by atoms with Crippen molar-refractivity contribution >= 4 is 17.6 Å². The number of nitriles is 1. The number of H-pyrrole nitrogens is 1. The van der Waals surface area contributed by atoms with Crippen LogP contribution in [0.5, 0.6) is 0 Å². The van der Waals surface area contributed by atoms with Gasteiger partial charge in [-0.15, -0.1) is 0 Å². The van der Waals surface area contributed by atoms with Gasteiger partial charge in [-0.3, -0.25) is 0 Å². The van der Waals surface area contributed by atoms with E-state index in [-0.39, 0.29) is 5.41 Å². The second-order valence-corrected chi connectivity index (χ2v) is 10.8. The molecule has 1 aromatic rings. The van der Waals surface area contributed by atoms with Crippen LogP contribution in [0.3, 0.4) is 0 Å². The van der Waals surface area contributed by atoms with Gasteiger partial charge in [0.25, 0.3) is 0 Å². The third-order valence-electron chi connectivity index (χ3n) is 7.82. The Morgan fingerprint density at radius 3 is 2.46 bits per heavy atom. The molecule has 4 aliphatic carbocycles. The van der Waals surface area contributed by atoms with Gasteiger partial charge >= 0.3 is 0 Å². The number of aromatic amines is 1. The first-order valence-corrected chi connectivity index (χ1v) is 12.1. The predicted molar refractivity (Wildman–Crippen MR) is 112 cm³/mol. The normalized spacial score (nSPS) is 35.3. The first-order chi connectivity index (χ1) is 13.7. The zero-order chi connectivity index (χ0) is 19.0. The molecule has 0 unspecified atom stereocenters. The van der Waals surface area contributed by atoms with Crippen molar-refractivity contribution in [3.63, 3.8) is 0 Å². The molecule has 0 aromatic carbocycles. The number of rotatable bonds is 5. The Bertz CT molecular complexity index is 706. The highest BCUT2D eigenvalue weighted by Gasteiger charge is 2.54. The fraction of sp³-hybridized carbons (Fsp3) is 0.773. The zero-order valence-corrected chi connectivity index (χ0v) is 17.5. The van der Waals surface area contributed by atoms with Crippen LogP contribution in [0.25, 0.3) is 0 Å². The Hall–Kier alpha value is -1.48. The van der Waals surface area contributed by atoms with E-state index in [1.807, 2.05) is 24.2 Å². The van der Waals surface area contributed by atoms with Crippen LogP contribution in [0.2, 0.25) is 0 Å². The molecule has 6 rings (SSSR count). The summed E-state index contributed by atoms with van der Waals surface area (Å²) >= 11 is 1.83. The molecule has 4 saturated carbocycles. The minimum Gasteiger partial charge on any atom is -0.359 e. The van der Waals surface area contributed by atoms with Crippen molar-refractivity contribution in [2.24, 2.45) is 34.1 Å². The van der Waals surface area contributed by atoms with Crippen LogP contribution in [0.1, 0.15) is 57.8 Å². The van der Waals surface area contributed by atoms with Gasteiger partial charge in [0.2, 0.25) is 6.19 Å². The molecule has 0 radical (unpaired) electrons. The molecule has 150 valence electrons. The molecule has 5 aliphatic rings. The maximum absolute atomic E-state index is 9.45. The van der Waals surface area contributed by atoms with Crippen LogP contribution in [0.4, 0.5) is 0 Å². The summed E-state index contributed by atoms with van der Waals surface area (Å²) in [6.45, 7) is 2.16. The van der Waals surface area contributed by atoms with Crippen LogP contribution in [-0.2, 0) is 0 Å². The Kier molecular flexibility index (Phi) is 5.13. The van der Waals surface area contributed by atoms with Gasteiger partial charge in [0.15, 0.2) is 5.16 Å². The first-order valence-electron chi connectivity index (χ1n) is 11.1. The molecular formula is C22H31N5S. The van der Waals surface area contributed by atoms with Crippen molar-refractivity contribution in [2.45, 2.75) is 62.9 Å². The van der Waals surface area contributed by atoms with Crippen LogP contribution in [0.15, 0.2) is 22.5 Å². The number of amidine groups is 1. The molecule has 1 aromatic heterocycles. The number of likely N-dealkylation sites (tertiary alicyclic amines) is 1. The average molecular weight is 398 g/mol. The van der Waals surface area contributed by atoms with Gasteiger partial charge in [0.05, 0.1) is 0 Å². The largest absolute Gasteiger partial charge is 0.359 e. The van der Waals surface area contributed by atoms with Crippen molar-refractivity contribution in [3.8, 4) is 6.19 Å². The third-order valence-corrected chi connectivity index (χ3v) is 8.76. The Labute approximate surface area is 172 Å². The summed E-state index contributed by atoms with van der Waals surface area (Å²) in [7, 11) is 0. The highest BCUT2D eigenvalue weighted by Crippen LogP contribution is 2.61. The van der Waals surface area contributed by atoms with E-state index in [9.17, 15) is 5.26 Å². The number of aliphatic imine (C=N–C) groups is 1. The molecule has 28 heavy (non-hydrogen) atoms. The number of thioether (sulfide) groups is 1. The van der Waals surface area contributed by atoms with E-state index < -0.39 is 0 Å². The molecule has 4 bridgehead atoms. The second kappa shape index (κ2) is 7.74. The van der Waals surface area contributed by atoms with Crippen molar-refractivity contribution in [1.29, 1.82) is 5.26 Å². The van der Waals surface area contributed by atoms with E-state index in [0.717, 1.165) is 47.7 Å². The minimum absolute atomic E-state index is 0.229. The van der Waals surface area contributed by atoms with Gasteiger partial charge in [0, 0.05) is 36.7 Å². The van der Waals surface area contributed by atoms with E-state index in [2.05, 4.69) is 26.1 Å². The fourth-order valence-corrected chi connectivity index (χ4v) is 7.97. The molecule has 0 spiro atoms. The molecule has 5 fully saturated rings. The van der Waals surface area contributed by atoms with E-state index in [4.69, 9.17) is 0 Å². The predicted octanol–water partition coefficient (Wildman–Crippen LogP) is 4.70. The lowest BCUT2D eigenvalue weighted by Gasteiger charge is -2.58. The maximum atomic E-state index is 9.45. The lowest BCUT2D eigenvalue weighted by Crippen LogP contribution is -2.55. The standard InChI is InChI=1S/C22H31N5S/c23-15-26-20(22-12-17-9-18(13-22)11-19(10-17)14-22)27-6-1-16(2-7-27)3-8-28-21-24-4-5-25-21/h4-5,16-19H,1-3,6-14H2,(H,24,25)/b26-20-. The number of nitrogens with zero attached hydrogens (tertiary/aromatic N) is 4. The number of nitrogens with one attached hydrogen (secondary N) is 1. The summed E-state index contributed by atoms with van der Waals surface area (Å²) in [6.07, 6.45) is 17.8. The van der Waals surface area contributed by atoms with Gasteiger partial charge in [0.1, 0.15) is 5.84 Å². The summed E-state index contributed by atoms with van der Waals surface area (Å²) in [5.41, 5.74) is 0.229. The molecule has 5 nitrogen and oxygen atoms in total. The van der Waals surface area contributed by atoms with Crippen LogP contribution < -0.4 is 0 Å². The SMILES string of the molecule is N#C/N=C(\N1CCC(CCSc2ncc[nH]2)CC1)C12CC3CC(CC(C3)C1)C2. The van der Waals surface area contributed by atoms with Crippen molar-refractivity contribution in [3.05, 3.63) is 12.4 Å². The summed E-state index contributed by atoms with van der Waals surface area (Å²) in [5.74, 6) is 5.78. The maximum Gasteiger partial charge on any atom is 0.207 e. The van der Waals surface area contributed by atoms with E-state index >= 15 is 0 Å². The highest BCUT2D eigenvalue weighted by atomic mass is 32.2. The lowest BCUT2D eigenvalue weighted by molar-refractivity contribution is -0.0194. The summed E-state index contributed by atoms with van der Waals surface area (Å²) in [5, 5.41) is 10.5. The van der Waals surface area contributed by atoms with Gasteiger partial charge in [-0.2, -0.15) is 10.3 Å². The summed E-state index contributed by atoms with van der Waals surface area (Å²) < 4.78 is 0. The molecular weight excluding hydrogens is 366 g/mol. The molecule has 1 N–H and O–H groups in total.